The predicted octanol–water partition coefficient (Wildman–Crippen LogP) is 9.74. The number of carboxylic acid groups (broad SMARTS) is 1. The molecule has 0 saturated carbocycles. The number of methoxy groups -OCH3 is 1. The first-order valence-corrected chi connectivity index (χ1v) is 20.1. The Morgan fingerprint density at radius 2 is 1.60 bits per heavy atom. The lowest BCUT2D eigenvalue weighted by atomic mass is 9.75. The Morgan fingerprint density at radius 3 is 2.09 bits per heavy atom. The van der Waals surface area contributed by atoms with E-state index in [0.717, 1.165) is 39.2 Å². The van der Waals surface area contributed by atoms with Crippen molar-refractivity contribution in [1.82, 2.24) is 9.97 Å². The molecule has 10 nitrogen and oxygen atoms in total. The van der Waals surface area contributed by atoms with E-state index < -0.39 is 30.4 Å². The summed E-state index contributed by atoms with van der Waals surface area (Å²) in [5, 5.41) is 10.1. The lowest BCUT2D eigenvalue weighted by molar-refractivity contribution is -0.153. The third-order valence-corrected chi connectivity index (χ3v) is 10.8. The molecule has 16 heteroatoms. The van der Waals surface area contributed by atoms with Gasteiger partial charge in [0.1, 0.15) is 5.76 Å². The molecule has 1 saturated heterocycles. The van der Waals surface area contributed by atoms with E-state index in [2.05, 4.69) is 46.2 Å². The number of hydrogen-bond acceptors (Lipinski definition) is 9. The van der Waals surface area contributed by atoms with Crippen LogP contribution in [-0.4, -0.2) is 52.4 Å². The predicted molar refractivity (Wildman–Crippen MR) is 226 cm³/mol. The summed E-state index contributed by atoms with van der Waals surface area (Å²) in [7, 11) is 0.973. The van der Waals surface area contributed by atoms with Gasteiger partial charge < -0.3 is 29.3 Å². The number of aryl methyl sites for hydroxylation is 1. The molecular formula is C42H49BBr2F3N3O7. The van der Waals surface area contributed by atoms with Gasteiger partial charge in [0.05, 0.1) is 40.1 Å². The highest BCUT2D eigenvalue weighted by Crippen LogP contribution is 2.37. The van der Waals surface area contributed by atoms with Crippen LogP contribution in [0.15, 0.2) is 88.0 Å². The molecule has 3 aromatic heterocycles. The maximum Gasteiger partial charge on any atom is 0.494 e. The highest BCUT2D eigenvalue weighted by molar-refractivity contribution is 9.10. The number of nitrogens with two attached hydrogens (primary N) is 1. The molecule has 5 aromatic rings. The van der Waals surface area contributed by atoms with E-state index >= 15 is 0 Å². The van der Waals surface area contributed by atoms with E-state index in [4.69, 9.17) is 19.8 Å². The Kier molecular flexibility index (Phi) is 16.9. The lowest BCUT2D eigenvalue weighted by Gasteiger charge is -2.32. The summed E-state index contributed by atoms with van der Waals surface area (Å²) in [6, 6.07) is 19.7. The molecule has 1 aliphatic heterocycles. The normalized spacial score (nSPS) is 14.3. The fraction of sp³-hybridized carbons (Fsp3) is 0.381. The minimum absolute atomic E-state index is 0.265. The molecule has 0 spiro atoms. The highest BCUT2D eigenvalue weighted by atomic mass is 79.9. The van der Waals surface area contributed by atoms with Crippen molar-refractivity contribution in [3.63, 3.8) is 0 Å². The Morgan fingerprint density at radius 1 is 0.983 bits per heavy atom. The number of carbonyl (C=O) groups excluding carboxylic acids is 1. The number of carboxylic acids is 1. The molecule has 0 bridgehead atoms. The number of nitrogens with zero attached hydrogens (tertiary/aromatic N) is 2. The summed E-state index contributed by atoms with van der Waals surface area (Å²) in [5.41, 5.74) is 9.43. The third-order valence-electron chi connectivity index (χ3n) is 9.73. The number of furan rings is 1. The average molecular weight is 935 g/mol. The summed E-state index contributed by atoms with van der Waals surface area (Å²) in [6.45, 7) is 16.2. The van der Waals surface area contributed by atoms with Crippen molar-refractivity contribution in [3.8, 4) is 0 Å². The van der Waals surface area contributed by atoms with Crippen LogP contribution in [0.5, 0.6) is 0 Å². The fourth-order valence-electron chi connectivity index (χ4n) is 5.52. The standard InChI is InChI=1S/C17H25BO4.C12H12N2O2.C7H8BrN.C6H4BrF3O/c1-15(2,14(19)20-7)12-9-8-10-13(11-12)18-21-16(3,4)17(5,6)22-18;1-3-9-7(2)11(12(15)16)8-6-13-5-4-10(8)14-9;8-7-3-1-6(5-9)2-4-7;7-3-4-1-2-5(11-4)6(8,9)10/h8-11H,1-7H3;4-6H,3H2,1-2H3,(H,15,16);1-4H,5,9H2;1-2H,3H2. The van der Waals surface area contributed by atoms with Crippen LogP contribution >= 0.6 is 31.9 Å². The van der Waals surface area contributed by atoms with Crippen molar-refractivity contribution in [1.29, 1.82) is 0 Å². The molecule has 0 amide bonds. The van der Waals surface area contributed by atoms with Crippen LogP contribution in [0.1, 0.15) is 92.7 Å². The number of halogens is 5. The molecule has 312 valence electrons. The van der Waals surface area contributed by atoms with Crippen molar-refractivity contribution in [3.05, 3.63) is 123 Å². The summed E-state index contributed by atoms with van der Waals surface area (Å²) < 4.78 is 58.0. The minimum Gasteiger partial charge on any atom is -0.478 e. The second-order valence-corrected chi connectivity index (χ2v) is 16.1. The van der Waals surface area contributed by atoms with Crippen LogP contribution in [0.3, 0.4) is 0 Å². The van der Waals surface area contributed by atoms with Gasteiger partial charge >= 0.3 is 25.2 Å². The number of carbonyl (C=O) groups is 2. The quantitative estimate of drug-likeness (QED) is 0.0919. The van der Waals surface area contributed by atoms with Gasteiger partial charge in [0.15, 0.2) is 0 Å². The second-order valence-electron chi connectivity index (χ2n) is 14.7. The van der Waals surface area contributed by atoms with Crippen molar-refractivity contribution in [2.45, 2.75) is 96.5 Å². The molecule has 3 N–H and O–H groups in total. The fourth-order valence-corrected chi connectivity index (χ4v) is 6.09. The van der Waals surface area contributed by atoms with Gasteiger partial charge in [-0.05, 0) is 107 Å². The first-order valence-electron chi connectivity index (χ1n) is 18.2. The Balaban J connectivity index is 0.000000219. The van der Waals surface area contributed by atoms with Crippen LogP contribution in [0, 0.1) is 6.92 Å². The summed E-state index contributed by atoms with van der Waals surface area (Å²) in [5.74, 6) is -1.87. The molecule has 1 fully saturated rings. The highest BCUT2D eigenvalue weighted by Gasteiger charge is 2.52. The van der Waals surface area contributed by atoms with Gasteiger partial charge in [-0.2, -0.15) is 13.2 Å². The van der Waals surface area contributed by atoms with Gasteiger partial charge in [0, 0.05) is 34.5 Å². The van der Waals surface area contributed by atoms with Crippen LogP contribution in [-0.2, 0) is 48.7 Å². The first-order chi connectivity index (χ1) is 27.0. The number of aromatic nitrogens is 2. The van der Waals surface area contributed by atoms with E-state index in [-0.39, 0.29) is 22.9 Å². The lowest BCUT2D eigenvalue weighted by Crippen LogP contribution is -2.41. The van der Waals surface area contributed by atoms with Gasteiger partial charge in [0.25, 0.3) is 0 Å². The van der Waals surface area contributed by atoms with Crippen LogP contribution in [0.2, 0.25) is 0 Å². The number of benzene rings is 2. The molecule has 58 heavy (non-hydrogen) atoms. The van der Waals surface area contributed by atoms with Crippen LogP contribution in [0.4, 0.5) is 13.2 Å². The van der Waals surface area contributed by atoms with Crippen molar-refractivity contribution < 1.29 is 46.3 Å². The number of rotatable bonds is 7. The number of aromatic carboxylic acids is 1. The zero-order chi connectivity index (χ0) is 43.6. The number of alkyl halides is 4. The van der Waals surface area contributed by atoms with Crippen LogP contribution < -0.4 is 11.2 Å². The summed E-state index contributed by atoms with van der Waals surface area (Å²) >= 11 is 6.31. The van der Waals surface area contributed by atoms with Gasteiger partial charge in [0.2, 0.25) is 5.76 Å². The molecule has 0 unspecified atom stereocenters. The topological polar surface area (TPSA) is 147 Å². The van der Waals surface area contributed by atoms with Crippen molar-refractivity contribution >= 4 is 67.3 Å². The van der Waals surface area contributed by atoms with E-state index in [1.165, 1.54) is 18.7 Å². The average Bonchev–Trinajstić information content (AvgIpc) is 3.76. The Hall–Kier alpha value is -4.09. The van der Waals surface area contributed by atoms with E-state index in [0.29, 0.717) is 28.3 Å². The number of ether oxygens (including phenoxy) is 1. The first kappa shape index (κ1) is 48.3. The molecule has 0 atom stereocenters. The minimum atomic E-state index is -4.37. The molecular weight excluding hydrogens is 886 g/mol. The number of esters is 1. The molecule has 4 heterocycles. The van der Waals surface area contributed by atoms with Gasteiger partial charge in [-0.3, -0.25) is 14.8 Å². The van der Waals surface area contributed by atoms with E-state index in [1.807, 2.05) is 97.0 Å². The zero-order valence-electron chi connectivity index (χ0n) is 34.0. The molecule has 0 radical (unpaired) electrons. The Labute approximate surface area is 354 Å². The van der Waals surface area contributed by atoms with Crippen LogP contribution in [0.25, 0.3) is 10.9 Å². The van der Waals surface area contributed by atoms with E-state index in [1.54, 1.807) is 25.4 Å². The molecule has 6 rings (SSSR count). The zero-order valence-corrected chi connectivity index (χ0v) is 37.1. The van der Waals surface area contributed by atoms with E-state index in [9.17, 15) is 27.9 Å². The SMILES string of the molecule is CCc1nc2ccncc2c(C(=O)O)c1C.COC(=O)C(C)(C)c1cccc(B2OC(C)(C)C(C)(C)O2)c1.FC(F)(F)c1ccc(CBr)o1.NCc1ccc(Br)cc1. The largest absolute Gasteiger partial charge is 0.494 e. The number of pyridine rings is 2. The monoisotopic (exact) mass is 933 g/mol. The second kappa shape index (κ2) is 20.3. The van der Waals surface area contributed by atoms with Crippen molar-refractivity contribution in [2.24, 2.45) is 5.73 Å². The number of hydrogen-bond donors (Lipinski definition) is 2. The molecule has 1 aliphatic rings. The van der Waals surface area contributed by atoms with Gasteiger partial charge in [-0.1, -0.05) is 75.2 Å². The maximum atomic E-state index is 12.0. The summed E-state index contributed by atoms with van der Waals surface area (Å²) in [4.78, 5) is 31.6. The smallest absolute Gasteiger partial charge is 0.478 e. The van der Waals surface area contributed by atoms with Gasteiger partial charge in [-0.25, -0.2) is 4.79 Å². The Bertz CT molecular complexity index is 2140. The third kappa shape index (κ3) is 12.2. The maximum absolute atomic E-state index is 12.0. The van der Waals surface area contributed by atoms with Crippen molar-refractivity contribution in [2.75, 3.05) is 7.11 Å². The number of fused-ring (bicyclic) bond motifs is 1. The summed E-state index contributed by atoms with van der Waals surface area (Å²) in [6.07, 6.45) is -0.473. The molecule has 2 aromatic carbocycles. The molecule has 0 aliphatic carbocycles. The van der Waals surface area contributed by atoms with Gasteiger partial charge in [-0.15, -0.1) is 0 Å².